The van der Waals surface area contributed by atoms with Crippen LogP contribution >= 0.6 is 0 Å². The van der Waals surface area contributed by atoms with Gasteiger partial charge in [0.2, 0.25) is 5.91 Å². The molecule has 1 aliphatic rings. The van der Waals surface area contributed by atoms with Crippen molar-refractivity contribution in [2.75, 3.05) is 38.0 Å². The summed E-state index contributed by atoms with van der Waals surface area (Å²) in [5.41, 5.74) is -0.708. The standard InChI is InChI=1S/C13H17F3N4O/c14-13(15,16)11-3-2-10(8-18-11)19-12(21)9-20-6-1-4-17-5-7-20/h2-3,8,17H,1,4-7,9H2,(H,19,21). The first-order chi connectivity index (χ1) is 9.95. The first kappa shape index (κ1) is 15.7. The fourth-order valence-corrected chi connectivity index (χ4v) is 2.10. The number of aromatic nitrogens is 1. The summed E-state index contributed by atoms with van der Waals surface area (Å²) in [5, 5.41) is 5.79. The molecule has 116 valence electrons. The minimum absolute atomic E-state index is 0.225. The average Bonchev–Trinajstić information content (AvgIpc) is 2.67. The van der Waals surface area contributed by atoms with Crippen LogP contribution in [0.4, 0.5) is 18.9 Å². The van der Waals surface area contributed by atoms with Gasteiger partial charge in [-0.3, -0.25) is 9.69 Å². The zero-order valence-corrected chi connectivity index (χ0v) is 11.4. The SMILES string of the molecule is O=C(CN1CCCNCC1)Nc1ccc(C(F)(F)F)nc1. The minimum Gasteiger partial charge on any atom is -0.324 e. The van der Waals surface area contributed by atoms with E-state index in [4.69, 9.17) is 0 Å². The van der Waals surface area contributed by atoms with E-state index in [2.05, 4.69) is 15.6 Å². The first-order valence-electron chi connectivity index (χ1n) is 6.71. The van der Waals surface area contributed by atoms with Crippen LogP contribution in [0.25, 0.3) is 0 Å². The molecule has 0 atom stereocenters. The van der Waals surface area contributed by atoms with Gasteiger partial charge in [0.05, 0.1) is 18.4 Å². The predicted octanol–water partition coefficient (Wildman–Crippen LogP) is 1.33. The first-order valence-corrected chi connectivity index (χ1v) is 6.71. The van der Waals surface area contributed by atoms with Gasteiger partial charge in [0.25, 0.3) is 0 Å². The van der Waals surface area contributed by atoms with Crippen molar-refractivity contribution in [2.45, 2.75) is 12.6 Å². The summed E-state index contributed by atoms with van der Waals surface area (Å²) < 4.78 is 37.1. The number of carbonyl (C=O) groups excluding carboxylic acids is 1. The van der Waals surface area contributed by atoms with Gasteiger partial charge in [0.15, 0.2) is 0 Å². The molecule has 1 aromatic heterocycles. The lowest BCUT2D eigenvalue weighted by atomic mass is 10.3. The number of pyridine rings is 1. The molecular weight excluding hydrogens is 285 g/mol. The molecule has 0 aliphatic carbocycles. The summed E-state index contributed by atoms with van der Waals surface area (Å²) >= 11 is 0. The van der Waals surface area contributed by atoms with Gasteiger partial charge in [-0.05, 0) is 31.6 Å². The van der Waals surface area contributed by atoms with E-state index >= 15 is 0 Å². The van der Waals surface area contributed by atoms with Crippen molar-refractivity contribution in [3.8, 4) is 0 Å². The highest BCUT2D eigenvalue weighted by molar-refractivity contribution is 5.92. The molecule has 0 spiro atoms. The van der Waals surface area contributed by atoms with Crippen LogP contribution in [-0.4, -0.2) is 48.5 Å². The Morgan fingerprint density at radius 3 is 2.81 bits per heavy atom. The highest BCUT2D eigenvalue weighted by atomic mass is 19.4. The van der Waals surface area contributed by atoms with Crippen LogP contribution in [0.2, 0.25) is 0 Å². The maximum absolute atomic E-state index is 12.4. The Kier molecular flexibility index (Phi) is 5.13. The highest BCUT2D eigenvalue weighted by Gasteiger charge is 2.32. The summed E-state index contributed by atoms with van der Waals surface area (Å²) in [6, 6.07) is 2.06. The number of alkyl halides is 3. The second-order valence-electron chi connectivity index (χ2n) is 4.86. The van der Waals surface area contributed by atoms with Crippen molar-refractivity contribution in [2.24, 2.45) is 0 Å². The lowest BCUT2D eigenvalue weighted by Crippen LogP contribution is -2.35. The summed E-state index contributed by atoms with van der Waals surface area (Å²) in [6.45, 7) is 3.59. The normalized spacial score (nSPS) is 17.3. The van der Waals surface area contributed by atoms with Gasteiger partial charge in [-0.2, -0.15) is 13.2 Å². The number of hydrogen-bond donors (Lipinski definition) is 2. The summed E-state index contributed by atoms with van der Waals surface area (Å²) in [5.74, 6) is -0.251. The molecule has 0 aromatic carbocycles. The quantitative estimate of drug-likeness (QED) is 0.884. The topological polar surface area (TPSA) is 57.3 Å². The van der Waals surface area contributed by atoms with Crippen molar-refractivity contribution in [3.63, 3.8) is 0 Å². The largest absolute Gasteiger partial charge is 0.433 e. The van der Waals surface area contributed by atoms with E-state index in [9.17, 15) is 18.0 Å². The second-order valence-corrected chi connectivity index (χ2v) is 4.86. The van der Waals surface area contributed by atoms with Crippen LogP contribution in [0, 0.1) is 0 Å². The molecule has 2 N–H and O–H groups in total. The molecule has 1 fully saturated rings. The average molecular weight is 302 g/mol. The Bertz CT molecular complexity index is 467. The molecule has 0 radical (unpaired) electrons. The molecule has 21 heavy (non-hydrogen) atoms. The number of carbonyl (C=O) groups is 1. The lowest BCUT2D eigenvalue weighted by Gasteiger charge is -2.18. The molecule has 5 nitrogen and oxygen atoms in total. The third-order valence-corrected chi connectivity index (χ3v) is 3.14. The molecule has 0 unspecified atom stereocenters. The minimum atomic E-state index is -4.47. The van der Waals surface area contributed by atoms with E-state index in [1.807, 2.05) is 4.90 Å². The van der Waals surface area contributed by atoms with Crippen LogP contribution in [-0.2, 0) is 11.0 Å². The van der Waals surface area contributed by atoms with Crippen LogP contribution in [0.3, 0.4) is 0 Å². The highest BCUT2D eigenvalue weighted by Crippen LogP contribution is 2.27. The van der Waals surface area contributed by atoms with E-state index in [0.29, 0.717) is 0 Å². The Morgan fingerprint density at radius 1 is 1.33 bits per heavy atom. The molecule has 0 bridgehead atoms. The fraction of sp³-hybridized carbons (Fsp3) is 0.538. The molecule has 0 saturated carbocycles. The lowest BCUT2D eigenvalue weighted by molar-refractivity contribution is -0.141. The van der Waals surface area contributed by atoms with Gasteiger partial charge in [-0.1, -0.05) is 0 Å². The number of nitrogens with one attached hydrogen (secondary N) is 2. The van der Waals surface area contributed by atoms with E-state index in [1.165, 1.54) is 6.07 Å². The van der Waals surface area contributed by atoms with Crippen molar-refractivity contribution in [1.82, 2.24) is 15.2 Å². The molecule has 1 amide bonds. The number of anilines is 1. The van der Waals surface area contributed by atoms with E-state index in [1.54, 1.807) is 0 Å². The molecule has 1 aliphatic heterocycles. The van der Waals surface area contributed by atoms with Gasteiger partial charge in [-0.25, -0.2) is 4.98 Å². The van der Waals surface area contributed by atoms with Crippen molar-refractivity contribution in [1.29, 1.82) is 0 Å². The van der Waals surface area contributed by atoms with Crippen molar-refractivity contribution >= 4 is 11.6 Å². The zero-order valence-electron chi connectivity index (χ0n) is 11.4. The van der Waals surface area contributed by atoms with Gasteiger partial charge >= 0.3 is 6.18 Å². The molecular formula is C13H17F3N4O. The zero-order chi connectivity index (χ0) is 15.3. The van der Waals surface area contributed by atoms with Crippen molar-refractivity contribution < 1.29 is 18.0 Å². The second kappa shape index (κ2) is 6.86. The van der Waals surface area contributed by atoms with E-state index < -0.39 is 11.9 Å². The van der Waals surface area contributed by atoms with Crippen LogP contribution in [0.15, 0.2) is 18.3 Å². The summed E-state index contributed by atoms with van der Waals surface area (Å²) in [7, 11) is 0. The fourth-order valence-electron chi connectivity index (χ4n) is 2.10. The smallest absolute Gasteiger partial charge is 0.324 e. The van der Waals surface area contributed by atoms with Gasteiger partial charge < -0.3 is 10.6 Å². The molecule has 2 rings (SSSR count). The molecule has 2 heterocycles. The molecule has 8 heteroatoms. The van der Waals surface area contributed by atoms with Crippen LogP contribution in [0.5, 0.6) is 0 Å². The monoisotopic (exact) mass is 302 g/mol. The third-order valence-electron chi connectivity index (χ3n) is 3.14. The number of hydrogen-bond acceptors (Lipinski definition) is 4. The maximum atomic E-state index is 12.4. The Balaban J connectivity index is 1.87. The number of halogens is 3. The summed E-state index contributed by atoms with van der Waals surface area (Å²) in [4.78, 5) is 17.2. The van der Waals surface area contributed by atoms with E-state index in [0.717, 1.165) is 44.9 Å². The molecule has 1 aromatic rings. The summed E-state index contributed by atoms with van der Waals surface area (Å²) in [6.07, 6.45) is -2.48. The number of nitrogens with zero attached hydrogens (tertiary/aromatic N) is 2. The Hall–Kier alpha value is -1.67. The van der Waals surface area contributed by atoms with Crippen LogP contribution < -0.4 is 10.6 Å². The van der Waals surface area contributed by atoms with Crippen LogP contribution in [0.1, 0.15) is 12.1 Å². The number of rotatable bonds is 3. The Morgan fingerprint density at radius 2 is 2.14 bits per heavy atom. The van der Waals surface area contributed by atoms with Gasteiger partial charge in [-0.15, -0.1) is 0 Å². The van der Waals surface area contributed by atoms with Gasteiger partial charge in [0, 0.05) is 13.1 Å². The van der Waals surface area contributed by atoms with Crippen molar-refractivity contribution in [3.05, 3.63) is 24.0 Å². The Labute approximate surface area is 120 Å². The number of amides is 1. The molecule has 1 saturated heterocycles. The van der Waals surface area contributed by atoms with Gasteiger partial charge in [0.1, 0.15) is 5.69 Å². The predicted molar refractivity (Wildman–Crippen MR) is 71.8 cm³/mol. The third kappa shape index (κ3) is 4.98. The van der Waals surface area contributed by atoms with E-state index in [-0.39, 0.29) is 18.1 Å². The maximum Gasteiger partial charge on any atom is 0.433 e.